The lowest BCUT2D eigenvalue weighted by molar-refractivity contribution is -0.189. The standard InChI is InChI=1S/C17H17F3N2O3S/c1-10(17(18,19)20)25-14-4-3-12(26(2)24)5-13(14)15(23)22-7-11-6-16(11,8-21)9-22/h3-5,10-11H,6-7,9H2,1-2H3. The molecule has 9 heteroatoms. The van der Waals surface area contributed by atoms with E-state index in [1.165, 1.54) is 29.4 Å². The largest absolute Gasteiger partial charge is 0.612 e. The summed E-state index contributed by atoms with van der Waals surface area (Å²) in [6.07, 6.45) is -4.52. The van der Waals surface area contributed by atoms with Crippen molar-refractivity contribution in [2.75, 3.05) is 19.3 Å². The first-order chi connectivity index (χ1) is 12.1. The molecule has 1 aliphatic carbocycles. The molecule has 1 aromatic carbocycles. The second-order valence-electron chi connectivity index (χ2n) is 6.77. The van der Waals surface area contributed by atoms with E-state index in [0.29, 0.717) is 11.4 Å². The van der Waals surface area contributed by atoms with Crippen LogP contribution in [0.15, 0.2) is 23.1 Å². The molecule has 1 aliphatic heterocycles. The lowest BCUT2D eigenvalue weighted by atomic mass is 10.1. The molecule has 4 atom stereocenters. The summed E-state index contributed by atoms with van der Waals surface area (Å²) in [5.74, 6) is -0.609. The number of hydrogen-bond acceptors (Lipinski definition) is 4. The molecule has 140 valence electrons. The Kier molecular flexibility index (Phi) is 4.61. The molecule has 0 aromatic heterocycles. The Hall–Kier alpha value is -1.92. The number of ether oxygens (including phenoxy) is 1. The zero-order valence-electron chi connectivity index (χ0n) is 14.2. The molecule has 5 nitrogen and oxygen atoms in total. The summed E-state index contributed by atoms with van der Waals surface area (Å²) in [5, 5.41) is 9.24. The first-order valence-corrected chi connectivity index (χ1v) is 9.54. The fourth-order valence-electron chi connectivity index (χ4n) is 3.20. The van der Waals surface area contributed by atoms with Gasteiger partial charge in [-0.3, -0.25) is 4.79 Å². The number of carbonyl (C=O) groups excluding carboxylic acids is 1. The van der Waals surface area contributed by atoms with E-state index in [4.69, 9.17) is 4.74 Å². The van der Waals surface area contributed by atoms with Crippen LogP contribution >= 0.6 is 0 Å². The summed E-state index contributed by atoms with van der Waals surface area (Å²) in [7, 11) is 0. The third-order valence-electron chi connectivity index (χ3n) is 4.93. The normalized spacial score (nSPS) is 26.7. The number of alkyl halides is 3. The van der Waals surface area contributed by atoms with Gasteiger partial charge in [0.05, 0.1) is 17.0 Å². The van der Waals surface area contributed by atoms with Gasteiger partial charge in [0.1, 0.15) is 12.0 Å². The average molecular weight is 386 g/mol. The van der Waals surface area contributed by atoms with Gasteiger partial charge in [0.25, 0.3) is 5.91 Å². The highest BCUT2D eigenvalue weighted by atomic mass is 32.2. The Morgan fingerprint density at radius 1 is 1.54 bits per heavy atom. The Morgan fingerprint density at radius 3 is 2.77 bits per heavy atom. The van der Waals surface area contributed by atoms with Gasteiger partial charge in [-0.1, -0.05) is 0 Å². The van der Waals surface area contributed by atoms with Crippen LogP contribution in [-0.4, -0.2) is 47.0 Å². The molecular weight excluding hydrogens is 369 g/mol. The second-order valence-corrected chi connectivity index (χ2v) is 8.15. The monoisotopic (exact) mass is 386 g/mol. The maximum Gasteiger partial charge on any atom is 0.425 e. The predicted octanol–water partition coefficient (Wildman–Crippen LogP) is 2.74. The van der Waals surface area contributed by atoms with Crippen LogP contribution in [0.2, 0.25) is 0 Å². The number of rotatable bonds is 4. The van der Waals surface area contributed by atoms with Gasteiger partial charge in [-0.2, -0.15) is 18.4 Å². The van der Waals surface area contributed by atoms with Crippen molar-refractivity contribution in [2.24, 2.45) is 11.3 Å². The second kappa shape index (κ2) is 6.35. The molecular formula is C17H17F3N2O3S. The lowest BCUT2D eigenvalue weighted by Gasteiger charge is -2.23. The molecule has 1 saturated heterocycles. The summed E-state index contributed by atoms with van der Waals surface area (Å²) in [4.78, 5) is 14.6. The first-order valence-electron chi connectivity index (χ1n) is 7.99. The predicted molar refractivity (Wildman–Crippen MR) is 87.0 cm³/mol. The van der Waals surface area contributed by atoms with Crippen LogP contribution < -0.4 is 4.74 Å². The van der Waals surface area contributed by atoms with E-state index in [1.807, 2.05) is 0 Å². The lowest BCUT2D eigenvalue weighted by Crippen LogP contribution is -2.34. The zero-order chi connectivity index (χ0) is 19.3. The van der Waals surface area contributed by atoms with Gasteiger partial charge >= 0.3 is 6.18 Å². The third-order valence-corrected chi connectivity index (χ3v) is 5.85. The van der Waals surface area contributed by atoms with Crippen LogP contribution in [0.3, 0.4) is 0 Å². The highest BCUT2D eigenvalue weighted by Gasteiger charge is 2.61. The van der Waals surface area contributed by atoms with Gasteiger partial charge in [-0.25, -0.2) is 0 Å². The smallest absolute Gasteiger partial charge is 0.425 e. The number of nitrogens with zero attached hydrogens (tertiary/aromatic N) is 2. The number of carbonyl (C=O) groups is 1. The number of likely N-dealkylation sites (tertiary alicyclic amines) is 1. The van der Waals surface area contributed by atoms with E-state index in [-0.39, 0.29) is 23.8 Å². The molecule has 1 aromatic rings. The van der Waals surface area contributed by atoms with E-state index in [0.717, 1.165) is 13.3 Å². The fraction of sp³-hybridized carbons (Fsp3) is 0.529. The number of hydrogen-bond donors (Lipinski definition) is 0. The van der Waals surface area contributed by atoms with E-state index in [1.54, 1.807) is 0 Å². The van der Waals surface area contributed by atoms with E-state index >= 15 is 0 Å². The van der Waals surface area contributed by atoms with Crippen molar-refractivity contribution in [3.63, 3.8) is 0 Å². The van der Waals surface area contributed by atoms with E-state index < -0.39 is 34.8 Å². The molecule has 1 heterocycles. The molecule has 0 N–H and O–H groups in total. The molecule has 2 fully saturated rings. The van der Waals surface area contributed by atoms with Crippen LogP contribution in [0, 0.1) is 22.7 Å². The van der Waals surface area contributed by atoms with Gasteiger partial charge in [-0.05, 0) is 42.6 Å². The third kappa shape index (κ3) is 3.35. The van der Waals surface area contributed by atoms with Gasteiger partial charge in [0, 0.05) is 19.2 Å². The molecule has 1 amide bonds. The maximum absolute atomic E-state index is 12.9. The molecule has 2 aliphatic rings. The fourth-order valence-corrected chi connectivity index (χ4v) is 3.74. The van der Waals surface area contributed by atoms with Crippen LogP contribution in [0.25, 0.3) is 0 Å². The van der Waals surface area contributed by atoms with Crippen molar-refractivity contribution >= 4 is 17.1 Å². The molecule has 0 bridgehead atoms. The Labute approximate surface area is 151 Å². The van der Waals surface area contributed by atoms with Crippen molar-refractivity contribution in [2.45, 2.75) is 30.5 Å². The van der Waals surface area contributed by atoms with Crippen molar-refractivity contribution in [3.05, 3.63) is 23.8 Å². The quantitative estimate of drug-likeness (QED) is 0.746. The van der Waals surface area contributed by atoms with Crippen LogP contribution in [0.4, 0.5) is 13.2 Å². The molecule has 1 saturated carbocycles. The molecule has 0 radical (unpaired) electrons. The summed E-state index contributed by atoms with van der Waals surface area (Å²) in [6, 6.07) is 6.15. The summed E-state index contributed by atoms with van der Waals surface area (Å²) < 4.78 is 55.2. The Morgan fingerprint density at radius 2 is 2.23 bits per heavy atom. The number of nitriles is 1. The SMILES string of the molecule is CC(Oc1ccc([S+](C)[O-])cc1C(=O)N1CC2CC2(C#N)C1)C(F)(F)F. The average Bonchev–Trinajstić information content (AvgIpc) is 3.14. The van der Waals surface area contributed by atoms with Gasteiger partial charge in [-0.15, -0.1) is 0 Å². The summed E-state index contributed by atoms with van der Waals surface area (Å²) >= 11 is -1.40. The van der Waals surface area contributed by atoms with Gasteiger partial charge in [0.15, 0.2) is 11.0 Å². The van der Waals surface area contributed by atoms with Crippen LogP contribution in [0.5, 0.6) is 5.75 Å². The number of piperidine rings is 1. The minimum atomic E-state index is -4.58. The Balaban J connectivity index is 1.89. The van der Waals surface area contributed by atoms with Crippen molar-refractivity contribution < 1.29 is 27.3 Å². The summed E-state index contributed by atoms with van der Waals surface area (Å²) in [5.41, 5.74) is -0.593. The Bertz CT molecular complexity index is 777. The molecule has 0 spiro atoms. The van der Waals surface area contributed by atoms with Crippen molar-refractivity contribution in [3.8, 4) is 11.8 Å². The number of fused-ring (bicyclic) bond motifs is 1. The number of halogens is 3. The minimum absolute atomic E-state index is 0.0665. The van der Waals surface area contributed by atoms with Gasteiger partial charge in [0.2, 0.25) is 0 Å². The number of amides is 1. The topological polar surface area (TPSA) is 76.4 Å². The van der Waals surface area contributed by atoms with Gasteiger partial charge < -0.3 is 14.2 Å². The summed E-state index contributed by atoms with van der Waals surface area (Å²) in [6.45, 7) is 1.50. The maximum atomic E-state index is 12.9. The van der Waals surface area contributed by atoms with Crippen molar-refractivity contribution in [1.29, 1.82) is 5.26 Å². The first kappa shape index (κ1) is 18.9. The highest BCUT2D eigenvalue weighted by Crippen LogP contribution is 2.57. The van der Waals surface area contributed by atoms with E-state index in [2.05, 4.69) is 6.07 Å². The minimum Gasteiger partial charge on any atom is -0.612 e. The van der Waals surface area contributed by atoms with E-state index in [9.17, 15) is 27.8 Å². The van der Waals surface area contributed by atoms with Crippen LogP contribution in [-0.2, 0) is 11.2 Å². The zero-order valence-corrected chi connectivity index (χ0v) is 15.0. The van der Waals surface area contributed by atoms with Crippen molar-refractivity contribution in [1.82, 2.24) is 4.90 Å². The number of benzene rings is 1. The molecule has 3 rings (SSSR count). The molecule has 4 unspecified atom stereocenters. The van der Waals surface area contributed by atoms with Crippen LogP contribution in [0.1, 0.15) is 23.7 Å². The highest BCUT2D eigenvalue weighted by molar-refractivity contribution is 7.90. The molecule has 26 heavy (non-hydrogen) atoms.